The lowest BCUT2D eigenvalue weighted by molar-refractivity contribution is 0.0548. The second-order valence-electron chi connectivity index (χ2n) is 6.27. The highest BCUT2D eigenvalue weighted by Crippen LogP contribution is 2.31. The quantitative estimate of drug-likeness (QED) is 0.779. The van der Waals surface area contributed by atoms with Crippen LogP contribution in [0.15, 0.2) is 18.2 Å². The van der Waals surface area contributed by atoms with Crippen LogP contribution in [0.1, 0.15) is 43.2 Å². The van der Waals surface area contributed by atoms with Gasteiger partial charge < -0.3 is 20.1 Å². The number of aryl methyl sites for hydroxylation is 1. The molecule has 2 rings (SSSR count). The molecule has 0 radical (unpaired) electrons. The van der Waals surface area contributed by atoms with Gasteiger partial charge in [-0.1, -0.05) is 12.1 Å². The Labute approximate surface area is 132 Å². The lowest BCUT2D eigenvalue weighted by Gasteiger charge is -2.23. The zero-order chi connectivity index (χ0) is 15.9. The smallest absolute Gasteiger partial charge is 0.122 e. The van der Waals surface area contributed by atoms with E-state index in [0.29, 0.717) is 6.42 Å². The third-order valence-corrected chi connectivity index (χ3v) is 4.79. The van der Waals surface area contributed by atoms with Crippen LogP contribution in [0.5, 0.6) is 5.75 Å². The van der Waals surface area contributed by atoms with Crippen LogP contribution < -0.4 is 4.74 Å². The third kappa shape index (κ3) is 4.45. The molecule has 4 heteroatoms. The monoisotopic (exact) mass is 308 g/mol. The van der Waals surface area contributed by atoms with Gasteiger partial charge >= 0.3 is 0 Å². The van der Waals surface area contributed by atoms with Crippen molar-refractivity contribution in [3.05, 3.63) is 29.3 Å². The molecule has 0 saturated heterocycles. The van der Waals surface area contributed by atoms with Gasteiger partial charge in [0.1, 0.15) is 5.75 Å². The summed E-state index contributed by atoms with van der Waals surface area (Å²) in [5.41, 5.74) is 2.58. The van der Waals surface area contributed by atoms with Gasteiger partial charge in [0, 0.05) is 0 Å². The highest BCUT2D eigenvalue weighted by atomic mass is 16.5. The maximum atomic E-state index is 10.4. The van der Waals surface area contributed by atoms with Crippen molar-refractivity contribution in [3.63, 3.8) is 0 Å². The van der Waals surface area contributed by atoms with Crippen LogP contribution in [0.3, 0.4) is 0 Å². The van der Waals surface area contributed by atoms with Crippen LogP contribution in [-0.2, 0) is 12.8 Å². The Bertz CT molecular complexity index is 460. The number of ether oxygens (including phenoxy) is 1. The summed E-state index contributed by atoms with van der Waals surface area (Å²) in [7, 11) is 1.70. The Kier molecular flexibility index (Phi) is 6.68. The minimum Gasteiger partial charge on any atom is -0.496 e. The standard InChI is InChI=1S/C18H28O4/c1-22-18-7-2-4-13-8-9-14(10-11-15(20)12-19)17(21)6-3-5-16(13)18/h2,4,7,14-15,17,19-21H,3,5-6,8-12H2,1H3/t14-,15+,17+/m0/s1. The Balaban J connectivity index is 2.08. The van der Waals surface area contributed by atoms with Crippen LogP contribution in [-0.4, -0.2) is 41.2 Å². The maximum absolute atomic E-state index is 10.4. The zero-order valence-electron chi connectivity index (χ0n) is 13.4. The molecule has 22 heavy (non-hydrogen) atoms. The van der Waals surface area contributed by atoms with E-state index in [9.17, 15) is 10.2 Å². The molecule has 0 unspecified atom stereocenters. The number of aliphatic hydroxyl groups is 3. The van der Waals surface area contributed by atoms with Crippen molar-refractivity contribution in [3.8, 4) is 5.75 Å². The van der Waals surface area contributed by atoms with Crippen molar-refractivity contribution in [1.29, 1.82) is 0 Å². The zero-order valence-corrected chi connectivity index (χ0v) is 13.4. The summed E-state index contributed by atoms with van der Waals surface area (Å²) >= 11 is 0. The largest absolute Gasteiger partial charge is 0.496 e. The number of hydrogen-bond acceptors (Lipinski definition) is 4. The van der Waals surface area contributed by atoms with Gasteiger partial charge in [-0.05, 0) is 68.1 Å². The fourth-order valence-electron chi connectivity index (χ4n) is 3.41. The SMILES string of the molecule is COc1cccc2c1CCC[C@@H](O)[C@H](CC[C@@H](O)CO)CC2. The molecule has 0 amide bonds. The highest BCUT2D eigenvalue weighted by molar-refractivity contribution is 5.40. The second-order valence-corrected chi connectivity index (χ2v) is 6.27. The van der Waals surface area contributed by atoms with E-state index in [1.54, 1.807) is 7.11 Å². The number of hydrogen-bond donors (Lipinski definition) is 3. The van der Waals surface area contributed by atoms with Crippen LogP contribution in [0, 0.1) is 5.92 Å². The highest BCUT2D eigenvalue weighted by Gasteiger charge is 2.23. The van der Waals surface area contributed by atoms with Crippen molar-refractivity contribution in [2.45, 2.75) is 57.2 Å². The molecule has 0 saturated carbocycles. The second kappa shape index (κ2) is 8.51. The number of aliphatic hydroxyl groups excluding tert-OH is 3. The van der Waals surface area contributed by atoms with Crippen molar-refractivity contribution in [2.75, 3.05) is 13.7 Å². The molecule has 1 aliphatic carbocycles. The van der Waals surface area contributed by atoms with E-state index >= 15 is 0 Å². The first-order chi connectivity index (χ1) is 10.7. The van der Waals surface area contributed by atoms with Gasteiger partial charge in [0.15, 0.2) is 0 Å². The predicted octanol–water partition coefficient (Wildman–Crippen LogP) is 2.07. The molecule has 0 spiro atoms. The van der Waals surface area contributed by atoms with Crippen LogP contribution in [0.25, 0.3) is 0 Å². The molecule has 1 aromatic carbocycles. The normalized spacial score (nSPS) is 23.8. The van der Waals surface area contributed by atoms with Gasteiger partial charge in [-0.2, -0.15) is 0 Å². The average Bonchev–Trinajstić information content (AvgIpc) is 2.61. The Morgan fingerprint density at radius 2 is 2.09 bits per heavy atom. The first-order valence-electron chi connectivity index (χ1n) is 8.27. The summed E-state index contributed by atoms with van der Waals surface area (Å²) in [6.07, 6.45) is 4.76. The minimum atomic E-state index is -0.674. The summed E-state index contributed by atoms with van der Waals surface area (Å²) in [6.45, 7) is -0.206. The number of fused-ring (bicyclic) bond motifs is 1. The molecule has 0 aliphatic heterocycles. The molecule has 4 nitrogen and oxygen atoms in total. The fourth-order valence-corrected chi connectivity index (χ4v) is 3.41. The first kappa shape index (κ1) is 17.3. The van der Waals surface area contributed by atoms with Crippen LogP contribution >= 0.6 is 0 Å². The maximum Gasteiger partial charge on any atom is 0.122 e. The Hall–Kier alpha value is -1.10. The van der Waals surface area contributed by atoms with Crippen molar-refractivity contribution in [2.24, 2.45) is 5.92 Å². The molecule has 3 atom stereocenters. The van der Waals surface area contributed by atoms with E-state index in [1.807, 2.05) is 12.1 Å². The van der Waals surface area contributed by atoms with Crippen molar-refractivity contribution < 1.29 is 20.1 Å². The van der Waals surface area contributed by atoms with Gasteiger partial charge in [-0.15, -0.1) is 0 Å². The molecule has 3 N–H and O–H groups in total. The minimum absolute atomic E-state index is 0.179. The number of rotatable bonds is 5. The lowest BCUT2D eigenvalue weighted by atomic mass is 9.88. The van der Waals surface area contributed by atoms with Crippen LogP contribution in [0.2, 0.25) is 0 Å². The molecular weight excluding hydrogens is 280 g/mol. The fraction of sp³-hybridized carbons (Fsp3) is 0.667. The Morgan fingerprint density at radius 3 is 2.82 bits per heavy atom. The van der Waals surface area contributed by atoms with Gasteiger partial charge in [0.2, 0.25) is 0 Å². The van der Waals surface area contributed by atoms with Gasteiger partial charge in [-0.25, -0.2) is 0 Å². The van der Waals surface area contributed by atoms with Gasteiger partial charge in [0.05, 0.1) is 25.9 Å². The van der Waals surface area contributed by atoms with E-state index < -0.39 is 6.10 Å². The average molecular weight is 308 g/mol. The molecule has 0 bridgehead atoms. The van der Waals surface area contributed by atoms with E-state index in [0.717, 1.165) is 44.3 Å². The van der Waals surface area contributed by atoms with Gasteiger partial charge in [-0.3, -0.25) is 0 Å². The summed E-state index contributed by atoms with van der Waals surface area (Å²) < 4.78 is 5.47. The molecule has 1 aromatic rings. The van der Waals surface area contributed by atoms with E-state index in [1.165, 1.54) is 11.1 Å². The summed E-state index contributed by atoms with van der Waals surface area (Å²) in [5.74, 6) is 1.12. The Morgan fingerprint density at radius 1 is 1.27 bits per heavy atom. The van der Waals surface area contributed by atoms with Gasteiger partial charge in [0.25, 0.3) is 0 Å². The molecule has 0 aromatic heterocycles. The predicted molar refractivity (Wildman–Crippen MR) is 86.1 cm³/mol. The van der Waals surface area contributed by atoms with E-state index in [2.05, 4.69) is 6.07 Å². The van der Waals surface area contributed by atoms with E-state index in [4.69, 9.17) is 9.84 Å². The summed E-state index contributed by atoms with van der Waals surface area (Å²) in [4.78, 5) is 0. The van der Waals surface area contributed by atoms with Crippen molar-refractivity contribution >= 4 is 0 Å². The lowest BCUT2D eigenvalue weighted by Crippen LogP contribution is -2.23. The summed E-state index contributed by atoms with van der Waals surface area (Å²) in [5, 5.41) is 28.9. The molecular formula is C18H28O4. The first-order valence-corrected chi connectivity index (χ1v) is 8.27. The number of methoxy groups -OCH3 is 1. The molecule has 0 fully saturated rings. The molecule has 0 heterocycles. The summed E-state index contributed by atoms with van der Waals surface area (Å²) in [6, 6.07) is 6.17. The number of benzene rings is 1. The van der Waals surface area contributed by atoms with E-state index in [-0.39, 0.29) is 18.6 Å². The topological polar surface area (TPSA) is 69.9 Å². The van der Waals surface area contributed by atoms with Crippen LogP contribution in [0.4, 0.5) is 0 Å². The van der Waals surface area contributed by atoms with Crippen molar-refractivity contribution in [1.82, 2.24) is 0 Å². The third-order valence-electron chi connectivity index (χ3n) is 4.79. The molecule has 124 valence electrons. The molecule has 1 aliphatic rings.